The van der Waals surface area contributed by atoms with E-state index in [0.29, 0.717) is 22.5 Å². The number of rotatable bonds is 5. The molecule has 1 radical (unpaired) electrons. The zero-order valence-corrected chi connectivity index (χ0v) is 21.2. The van der Waals surface area contributed by atoms with Crippen LogP contribution in [0.5, 0.6) is 0 Å². The van der Waals surface area contributed by atoms with Crippen LogP contribution >= 0.6 is 0 Å². The Hall–Kier alpha value is -2.62. The van der Waals surface area contributed by atoms with Crippen molar-refractivity contribution in [1.82, 2.24) is 20.2 Å². The molecule has 2 aromatic heterocycles. The Labute approximate surface area is 217 Å². The van der Waals surface area contributed by atoms with E-state index >= 15 is 0 Å². The molecule has 4 N–H and O–H groups in total. The number of pyridine rings is 1. The van der Waals surface area contributed by atoms with Gasteiger partial charge in [-0.25, -0.2) is 4.98 Å². The van der Waals surface area contributed by atoms with E-state index < -0.39 is 20.2 Å². The quantitative estimate of drug-likeness (QED) is 0.293. The molecule has 0 aliphatic carbocycles. The number of benzene rings is 2. The molecule has 0 spiro atoms. The van der Waals surface area contributed by atoms with Crippen LogP contribution in [0.2, 0.25) is 0 Å². The Balaban J connectivity index is 0.00000204. The molecular formula is C20H16N4NaO7S2. The third-order valence-electron chi connectivity index (χ3n) is 4.43. The van der Waals surface area contributed by atoms with E-state index in [2.05, 4.69) is 20.2 Å². The van der Waals surface area contributed by atoms with Crippen molar-refractivity contribution >= 4 is 49.8 Å². The maximum Gasteiger partial charge on any atom is 0.294 e. The van der Waals surface area contributed by atoms with Crippen LogP contribution in [0.3, 0.4) is 0 Å². The molecule has 4 aromatic rings. The van der Waals surface area contributed by atoms with Crippen molar-refractivity contribution in [2.45, 2.75) is 9.79 Å². The van der Waals surface area contributed by atoms with Crippen molar-refractivity contribution in [3.05, 3.63) is 72.9 Å². The van der Waals surface area contributed by atoms with Crippen LogP contribution in [0.4, 0.5) is 0 Å². The van der Waals surface area contributed by atoms with Crippen LogP contribution in [0.15, 0.2) is 82.7 Å². The van der Waals surface area contributed by atoms with Crippen molar-refractivity contribution < 1.29 is 31.4 Å². The van der Waals surface area contributed by atoms with Crippen LogP contribution < -0.4 is 0 Å². The summed E-state index contributed by atoms with van der Waals surface area (Å²) in [4.78, 5) is 8.17. The predicted molar refractivity (Wildman–Crippen MR) is 123 cm³/mol. The summed E-state index contributed by atoms with van der Waals surface area (Å²) in [5.74, 6) is 0.220. The zero-order chi connectivity index (χ0) is 22.9. The first-order chi connectivity index (χ1) is 15.1. The van der Waals surface area contributed by atoms with Crippen LogP contribution in [0, 0.1) is 0 Å². The summed E-state index contributed by atoms with van der Waals surface area (Å²) in [6, 6.07) is 15.8. The molecule has 0 unspecified atom stereocenters. The van der Waals surface area contributed by atoms with Gasteiger partial charge in [0, 0.05) is 46.9 Å². The summed E-state index contributed by atoms with van der Waals surface area (Å²) in [6.07, 6.45) is 1.57. The normalized spacial score (nSPS) is 11.2. The molecule has 0 saturated heterocycles. The second-order valence-electron chi connectivity index (χ2n) is 6.55. The maximum atomic E-state index is 11.4. The Morgan fingerprint density at radius 1 is 0.647 bits per heavy atom. The molecule has 0 aliphatic heterocycles. The van der Waals surface area contributed by atoms with Gasteiger partial charge < -0.3 is 5.48 Å². The van der Waals surface area contributed by atoms with Gasteiger partial charge in [0.25, 0.3) is 20.2 Å². The molecule has 171 valence electrons. The third-order valence-corrected chi connectivity index (χ3v) is 6.17. The van der Waals surface area contributed by atoms with Crippen LogP contribution in [-0.2, 0) is 20.2 Å². The fraction of sp³-hybridized carbons (Fsp3) is 0. The van der Waals surface area contributed by atoms with E-state index in [0.717, 1.165) is 0 Å². The van der Waals surface area contributed by atoms with Crippen molar-refractivity contribution in [2.75, 3.05) is 0 Å². The van der Waals surface area contributed by atoms with Gasteiger partial charge in [0.15, 0.2) is 0 Å². The first-order valence-corrected chi connectivity index (χ1v) is 11.8. The zero-order valence-electron chi connectivity index (χ0n) is 17.6. The molecule has 11 nitrogen and oxygen atoms in total. The minimum Gasteiger partial charge on any atom is -0.412 e. The Morgan fingerprint density at radius 3 is 1.59 bits per heavy atom. The molecule has 0 aliphatic rings. The Kier molecular flexibility index (Phi) is 8.74. The molecule has 14 heteroatoms. The summed E-state index contributed by atoms with van der Waals surface area (Å²) >= 11 is 0. The van der Waals surface area contributed by atoms with E-state index in [1.165, 1.54) is 48.5 Å². The molecule has 0 saturated carbocycles. The van der Waals surface area contributed by atoms with Crippen LogP contribution in [0.25, 0.3) is 34.0 Å². The first kappa shape index (κ1) is 27.6. The number of hydrogen-bond donors (Lipinski definition) is 2. The molecule has 0 atom stereocenters. The first-order valence-electron chi connectivity index (χ1n) is 8.95. The topological polar surface area (TPSA) is 192 Å². The van der Waals surface area contributed by atoms with E-state index in [1.807, 2.05) is 0 Å². The Morgan fingerprint density at radius 2 is 1.15 bits per heavy atom. The maximum absolute atomic E-state index is 11.4. The molecule has 4 rings (SSSR count). The monoisotopic (exact) mass is 511 g/mol. The van der Waals surface area contributed by atoms with Crippen LogP contribution in [0.1, 0.15) is 0 Å². The molecule has 0 bridgehead atoms. The number of hydrogen-bond acceptors (Lipinski definition) is 8. The number of nitrogens with zero attached hydrogens (tertiary/aromatic N) is 4. The fourth-order valence-electron chi connectivity index (χ4n) is 2.89. The minimum absolute atomic E-state index is 0. The second-order valence-corrected chi connectivity index (χ2v) is 9.39. The summed E-state index contributed by atoms with van der Waals surface area (Å²) in [5, 5.41) is 8.34. The molecule has 0 amide bonds. The summed E-state index contributed by atoms with van der Waals surface area (Å²) in [7, 11) is -8.74. The van der Waals surface area contributed by atoms with Gasteiger partial charge in [-0.1, -0.05) is 30.3 Å². The van der Waals surface area contributed by atoms with E-state index in [-0.39, 0.29) is 56.3 Å². The summed E-state index contributed by atoms with van der Waals surface area (Å²) in [6.45, 7) is 0. The van der Waals surface area contributed by atoms with Crippen molar-refractivity contribution in [1.29, 1.82) is 0 Å². The van der Waals surface area contributed by atoms with Gasteiger partial charge in [-0.05, 0) is 36.4 Å². The Bertz CT molecular complexity index is 1500. The van der Waals surface area contributed by atoms with Gasteiger partial charge >= 0.3 is 0 Å². The molecular weight excluding hydrogens is 495 g/mol. The second kappa shape index (κ2) is 10.8. The largest absolute Gasteiger partial charge is 0.412 e. The average molecular weight is 511 g/mol. The summed E-state index contributed by atoms with van der Waals surface area (Å²) in [5.41, 5.74) is 1.99. The van der Waals surface area contributed by atoms with Gasteiger partial charge in [-0.2, -0.15) is 16.8 Å². The SMILES string of the molecule is O.O=S(=O)(O)c1ccc(-c2nnc(-c3ccccn3)nc2-c2ccc(S(=O)(=O)O)cc2)cc1.[Na]. The van der Waals surface area contributed by atoms with E-state index in [9.17, 15) is 25.9 Å². The average Bonchev–Trinajstić information content (AvgIpc) is 2.78. The number of aromatic nitrogens is 4. The van der Waals surface area contributed by atoms with E-state index in [4.69, 9.17) is 0 Å². The van der Waals surface area contributed by atoms with Crippen molar-refractivity contribution in [2.24, 2.45) is 0 Å². The minimum atomic E-state index is -4.37. The molecule has 2 heterocycles. The standard InChI is InChI=1S/C20H14N4O6S2.Na.H2O/c25-31(26,27)15-8-4-13(5-9-15)18-19(14-6-10-16(11-7-14)32(28,29)30)23-24-20(22-18)17-3-1-2-12-21-17;;/h1-12H,(H,25,26,27)(H,28,29,30);;1H2. The van der Waals surface area contributed by atoms with Crippen molar-refractivity contribution in [3.8, 4) is 34.0 Å². The molecule has 2 aromatic carbocycles. The van der Waals surface area contributed by atoms with Gasteiger partial charge in [0.1, 0.15) is 17.1 Å². The van der Waals surface area contributed by atoms with Gasteiger partial charge in [0.05, 0.1) is 9.79 Å². The smallest absolute Gasteiger partial charge is 0.294 e. The third kappa shape index (κ3) is 6.08. The van der Waals surface area contributed by atoms with Crippen molar-refractivity contribution in [3.63, 3.8) is 0 Å². The fourth-order valence-corrected chi connectivity index (χ4v) is 3.85. The molecule has 34 heavy (non-hydrogen) atoms. The van der Waals surface area contributed by atoms with Gasteiger partial charge in [0.2, 0.25) is 5.82 Å². The molecule has 0 fully saturated rings. The summed E-state index contributed by atoms with van der Waals surface area (Å²) < 4.78 is 63.8. The van der Waals surface area contributed by atoms with E-state index in [1.54, 1.807) is 24.4 Å². The predicted octanol–water partition coefficient (Wildman–Crippen LogP) is 1.56. The van der Waals surface area contributed by atoms with Gasteiger partial charge in [-0.3, -0.25) is 14.1 Å². The van der Waals surface area contributed by atoms with Crippen LogP contribution in [-0.4, -0.2) is 81.1 Å². The van der Waals surface area contributed by atoms with Gasteiger partial charge in [-0.15, -0.1) is 10.2 Å².